The Bertz CT molecular complexity index is 746. The molecule has 0 bridgehead atoms. The average molecular weight is 388 g/mol. The quantitative estimate of drug-likeness (QED) is 0.626. The van der Waals surface area contributed by atoms with Gasteiger partial charge >= 0.3 is 0 Å². The van der Waals surface area contributed by atoms with Crippen molar-refractivity contribution in [3.63, 3.8) is 0 Å². The van der Waals surface area contributed by atoms with Crippen molar-refractivity contribution in [3.05, 3.63) is 35.7 Å². The van der Waals surface area contributed by atoms with Gasteiger partial charge in [0.25, 0.3) is 0 Å². The van der Waals surface area contributed by atoms with Crippen molar-refractivity contribution in [2.24, 2.45) is 4.99 Å². The number of hydrogen-bond donors (Lipinski definition) is 1. The molecule has 2 heterocycles. The molecule has 0 aliphatic carbocycles. The van der Waals surface area contributed by atoms with E-state index < -0.39 is 0 Å². The highest BCUT2D eigenvalue weighted by molar-refractivity contribution is 7.09. The maximum Gasteiger partial charge on any atom is 0.205 e. The number of guanidine groups is 1. The van der Waals surface area contributed by atoms with Crippen molar-refractivity contribution < 1.29 is 0 Å². The molecule has 1 aliphatic heterocycles. The Morgan fingerprint density at radius 1 is 1.19 bits per heavy atom. The minimum atomic E-state index is 0.775. The van der Waals surface area contributed by atoms with E-state index in [9.17, 15) is 0 Å². The van der Waals surface area contributed by atoms with Gasteiger partial charge in [-0.1, -0.05) is 19.1 Å². The standard InChI is InChI=1S/C19H29N7S/c1-5-17-22-19(27-23-17)26-12-10-25(11-13-26)18(20-2)21-14-15-6-8-16(9-7-15)24(3)4/h6-9H,5,10-14H2,1-4H3,(H,20,21). The summed E-state index contributed by atoms with van der Waals surface area (Å²) in [6, 6.07) is 8.61. The van der Waals surface area contributed by atoms with Crippen LogP contribution in [-0.2, 0) is 13.0 Å². The molecular formula is C19H29N7S. The molecule has 0 spiro atoms. The number of aryl methyl sites for hydroxylation is 1. The van der Waals surface area contributed by atoms with Crippen LogP contribution in [0, 0.1) is 0 Å². The number of rotatable bonds is 5. The van der Waals surface area contributed by atoms with Gasteiger partial charge < -0.3 is 20.0 Å². The predicted molar refractivity (Wildman–Crippen MR) is 114 cm³/mol. The van der Waals surface area contributed by atoms with Gasteiger partial charge in [0, 0.05) is 77.5 Å². The Kier molecular flexibility index (Phi) is 6.49. The largest absolute Gasteiger partial charge is 0.378 e. The zero-order valence-corrected chi connectivity index (χ0v) is 17.5. The second-order valence-electron chi connectivity index (χ2n) is 6.78. The molecule has 0 saturated carbocycles. The van der Waals surface area contributed by atoms with Crippen molar-refractivity contribution >= 4 is 28.3 Å². The number of piperazine rings is 1. The first-order valence-corrected chi connectivity index (χ1v) is 10.2. The van der Waals surface area contributed by atoms with Crippen molar-refractivity contribution in [2.75, 3.05) is 57.1 Å². The molecule has 7 nitrogen and oxygen atoms in total. The minimum absolute atomic E-state index is 0.775. The molecule has 1 aromatic carbocycles. The van der Waals surface area contributed by atoms with Gasteiger partial charge in [0.15, 0.2) is 5.96 Å². The van der Waals surface area contributed by atoms with Crippen LogP contribution in [-0.4, -0.2) is 67.5 Å². The molecule has 8 heteroatoms. The summed E-state index contributed by atoms with van der Waals surface area (Å²) < 4.78 is 4.40. The third-order valence-corrected chi connectivity index (χ3v) is 5.55. The van der Waals surface area contributed by atoms with Gasteiger partial charge in [-0.2, -0.15) is 4.37 Å². The lowest BCUT2D eigenvalue weighted by molar-refractivity contribution is 0.372. The zero-order valence-electron chi connectivity index (χ0n) is 16.6. The zero-order chi connectivity index (χ0) is 19.2. The molecular weight excluding hydrogens is 358 g/mol. The summed E-state index contributed by atoms with van der Waals surface area (Å²) in [5, 5.41) is 4.53. The Hall–Kier alpha value is -2.35. The molecule has 1 aromatic heterocycles. The SMILES string of the molecule is CCc1nsc(N2CCN(C(=NC)NCc3ccc(N(C)C)cc3)CC2)n1. The maximum absolute atomic E-state index is 4.60. The van der Waals surface area contributed by atoms with Gasteiger partial charge in [0.2, 0.25) is 5.13 Å². The molecule has 0 unspecified atom stereocenters. The van der Waals surface area contributed by atoms with Crippen LogP contribution in [0.25, 0.3) is 0 Å². The number of benzene rings is 1. The third kappa shape index (κ3) is 4.88. The molecule has 2 aromatic rings. The van der Waals surface area contributed by atoms with E-state index >= 15 is 0 Å². The number of nitrogens with one attached hydrogen (secondary N) is 1. The van der Waals surface area contributed by atoms with Crippen LogP contribution in [0.4, 0.5) is 10.8 Å². The van der Waals surface area contributed by atoms with Crippen molar-refractivity contribution in [2.45, 2.75) is 19.9 Å². The van der Waals surface area contributed by atoms with Crippen LogP contribution in [0.5, 0.6) is 0 Å². The summed E-state index contributed by atoms with van der Waals surface area (Å²) >= 11 is 1.50. The predicted octanol–water partition coefficient (Wildman–Crippen LogP) is 2.06. The monoisotopic (exact) mass is 387 g/mol. The van der Waals surface area contributed by atoms with Crippen LogP contribution >= 0.6 is 11.5 Å². The van der Waals surface area contributed by atoms with Crippen molar-refractivity contribution in [1.29, 1.82) is 0 Å². The third-order valence-electron chi connectivity index (χ3n) is 4.74. The van der Waals surface area contributed by atoms with Gasteiger partial charge in [-0.05, 0) is 17.7 Å². The van der Waals surface area contributed by atoms with Gasteiger partial charge in [0.05, 0.1) is 0 Å². The first-order chi connectivity index (χ1) is 13.1. The van der Waals surface area contributed by atoms with Gasteiger partial charge in [0.1, 0.15) is 5.82 Å². The van der Waals surface area contributed by atoms with E-state index in [2.05, 4.69) is 79.7 Å². The molecule has 146 valence electrons. The summed E-state index contributed by atoms with van der Waals surface area (Å²) in [7, 11) is 5.96. The smallest absolute Gasteiger partial charge is 0.205 e. The van der Waals surface area contributed by atoms with Crippen LogP contribution < -0.4 is 15.1 Å². The Balaban J connectivity index is 1.51. The molecule has 1 aliphatic rings. The number of anilines is 2. The summed E-state index contributed by atoms with van der Waals surface area (Å²) in [4.78, 5) is 15.8. The van der Waals surface area contributed by atoms with Crippen LogP contribution in [0.1, 0.15) is 18.3 Å². The van der Waals surface area contributed by atoms with Crippen LogP contribution in [0.15, 0.2) is 29.3 Å². The van der Waals surface area contributed by atoms with Gasteiger partial charge in [-0.15, -0.1) is 0 Å². The first-order valence-electron chi connectivity index (χ1n) is 9.40. The number of hydrogen-bond acceptors (Lipinski definition) is 6. The first kappa shape index (κ1) is 19.4. The summed E-state index contributed by atoms with van der Waals surface area (Å²) in [6.45, 7) is 6.61. The van der Waals surface area contributed by atoms with Crippen LogP contribution in [0.3, 0.4) is 0 Å². The van der Waals surface area contributed by atoms with E-state index in [-0.39, 0.29) is 0 Å². The Morgan fingerprint density at radius 2 is 1.89 bits per heavy atom. The number of aliphatic imine (C=N–C) groups is 1. The molecule has 0 amide bonds. The lowest BCUT2D eigenvalue weighted by Crippen LogP contribution is -2.52. The number of aromatic nitrogens is 2. The average Bonchev–Trinajstić information content (AvgIpc) is 3.18. The molecule has 1 saturated heterocycles. The Labute approximate surface area is 165 Å². The summed E-state index contributed by atoms with van der Waals surface area (Å²) in [5.74, 6) is 1.90. The van der Waals surface area contributed by atoms with E-state index in [4.69, 9.17) is 0 Å². The lowest BCUT2D eigenvalue weighted by Gasteiger charge is -2.36. The normalized spacial score (nSPS) is 15.2. The molecule has 3 rings (SSSR count). The highest BCUT2D eigenvalue weighted by Crippen LogP contribution is 2.19. The fraction of sp³-hybridized carbons (Fsp3) is 0.526. The van der Waals surface area contributed by atoms with E-state index in [0.717, 1.165) is 56.1 Å². The van der Waals surface area contributed by atoms with E-state index in [1.807, 2.05) is 7.05 Å². The second-order valence-corrected chi connectivity index (χ2v) is 7.51. The van der Waals surface area contributed by atoms with Crippen molar-refractivity contribution in [3.8, 4) is 0 Å². The minimum Gasteiger partial charge on any atom is -0.378 e. The fourth-order valence-corrected chi connectivity index (χ4v) is 3.85. The summed E-state index contributed by atoms with van der Waals surface area (Å²) in [6.07, 6.45) is 0.891. The second kappa shape index (κ2) is 9.03. The van der Waals surface area contributed by atoms with Crippen molar-refractivity contribution in [1.82, 2.24) is 19.6 Å². The fourth-order valence-electron chi connectivity index (χ4n) is 3.05. The van der Waals surface area contributed by atoms with E-state index in [1.54, 1.807) is 0 Å². The highest BCUT2D eigenvalue weighted by Gasteiger charge is 2.21. The maximum atomic E-state index is 4.60. The Morgan fingerprint density at radius 3 is 2.44 bits per heavy atom. The van der Waals surface area contributed by atoms with E-state index in [0.29, 0.717) is 0 Å². The highest BCUT2D eigenvalue weighted by atomic mass is 32.1. The van der Waals surface area contributed by atoms with Crippen LogP contribution in [0.2, 0.25) is 0 Å². The molecule has 0 atom stereocenters. The van der Waals surface area contributed by atoms with E-state index in [1.165, 1.54) is 22.8 Å². The molecule has 1 fully saturated rings. The lowest BCUT2D eigenvalue weighted by atomic mass is 10.2. The number of nitrogens with zero attached hydrogens (tertiary/aromatic N) is 6. The molecule has 1 N–H and O–H groups in total. The van der Waals surface area contributed by atoms with Gasteiger partial charge in [-0.25, -0.2) is 4.98 Å². The topological polar surface area (TPSA) is 59.9 Å². The van der Waals surface area contributed by atoms with Gasteiger partial charge in [-0.3, -0.25) is 4.99 Å². The molecule has 0 radical (unpaired) electrons. The molecule has 27 heavy (non-hydrogen) atoms. The summed E-state index contributed by atoms with van der Waals surface area (Å²) in [5.41, 5.74) is 2.46.